The lowest BCUT2D eigenvalue weighted by Crippen LogP contribution is -2.39. The number of imidazole rings is 1. The van der Waals surface area contributed by atoms with Crippen LogP contribution in [0.4, 0.5) is 0 Å². The van der Waals surface area contributed by atoms with Crippen molar-refractivity contribution in [2.45, 2.75) is 25.9 Å². The highest BCUT2D eigenvalue weighted by atomic mass is 16.5. The zero-order valence-electron chi connectivity index (χ0n) is 21.6. The van der Waals surface area contributed by atoms with E-state index in [0.29, 0.717) is 36.2 Å². The zero-order chi connectivity index (χ0) is 27.8. The fraction of sp³-hybridized carbons (Fsp3) is 0.241. The molecule has 0 saturated heterocycles. The Labute approximate surface area is 224 Å². The van der Waals surface area contributed by atoms with E-state index in [9.17, 15) is 19.2 Å². The van der Waals surface area contributed by atoms with Crippen molar-refractivity contribution >= 4 is 28.8 Å². The van der Waals surface area contributed by atoms with E-state index < -0.39 is 11.9 Å². The van der Waals surface area contributed by atoms with Gasteiger partial charge in [0.1, 0.15) is 5.75 Å². The summed E-state index contributed by atoms with van der Waals surface area (Å²) in [5.74, 6) is -0.905. The largest absolute Gasteiger partial charge is 0.494 e. The van der Waals surface area contributed by atoms with E-state index in [2.05, 4.69) is 4.98 Å². The van der Waals surface area contributed by atoms with Gasteiger partial charge in [0, 0.05) is 13.1 Å². The average Bonchev–Trinajstić information content (AvgIpc) is 3.26. The maximum Gasteiger partial charge on any atom is 0.337 e. The second-order valence-corrected chi connectivity index (χ2v) is 9.00. The van der Waals surface area contributed by atoms with Crippen LogP contribution in [-0.4, -0.2) is 52.5 Å². The number of para-hydroxylation sites is 1. The van der Waals surface area contributed by atoms with E-state index >= 15 is 0 Å². The second kappa shape index (κ2) is 12.6. The van der Waals surface area contributed by atoms with Crippen molar-refractivity contribution in [3.8, 4) is 5.75 Å². The van der Waals surface area contributed by atoms with Crippen LogP contribution in [0.1, 0.15) is 27.9 Å². The lowest BCUT2D eigenvalue weighted by molar-refractivity contribution is -0.135. The van der Waals surface area contributed by atoms with E-state index in [1.165, 1.54) is 22.6 Å². The number of primary amides is 1. The number of ether oxygens (including phenoxy) is 2. The Morgan fingerprint density at radius 1 is 1.00 bits per heavy atom. The van der Waals surface area contributed by atoms with Crippen molar-refractivity contribution in [2.75, 3.05) is 20.3 Å². The van der Waals surface area contributed by atoms with Crippen molar-refractivity contribution < 1.29 is 23.9 Å². The Kier molecular flexibility index (Phi) is 8.78. The van der Waals surface area contributed by atoms with Gasteiger partial charge in [0.05, 0.1) is 43.3 Å². The van der Waals surface area contributed by atoms with Gasteiger partial charge >= 0.3 is 11.7 Å². The number of rotatable bonds is 12. The molecule has 10 nitrogen and oxygen atoms in total. The van der Waals surface area contributed by atoms with Gasteiger partial charge in [-0.1, -0.05) is 48.5 Å². The Bertz CT molecular complexity index is 1510. The topological polar surface area (TPSA) is 137 Å². The number of aromatic amines is 1. The van der Waals surface area contributed by atoms with Gasteiger partial charge in [-0.15, -0.1) is 0 Å². The van der Waals surface area contributed by atoms with Gasteiger partial charge in [-0.05, 0) is 41.8 Å². The molecule has 1 aromatic heterocycles. The Hall–Kier alpha value is -4.86. The van der Waals surface area contributed by atoms with E-state index in [1.54, 1.807) is 6.07 Å². The molecule has 3 N–H and O–H groups in total. The highest BCUT2D eigenvalue weighted by Crippen LogP contribution is 2.22. The summed E-state index contributed by atoms with van der Waals surface area (Å²) < 4.78 is 12.2. The molecule has 0 atom stereocenters. The van der Waals surface area contributed by atoms with Crippen LogP contribution in [0.15, 0.2) is 77.6 Å². The minimum Gasteiger partial charge on any atom is -0.494 e. The van der Waals surface area contributed by atoms with Crippen molar-refractivity contribution in [1.82, 2.24) is 14.5 Å². The molecule has 0 bridgehead atoms. The maximum atomic E-state index is 13.5. The van der Waals surface area contributed by atoms with Crippen molar-refractivity contribution in [3.63, 3.8) is 0 Å². The minimum absolute atomic E-state index is 0.167. The van der Waals surface area contributed by atoms with Crippen LogP contribution < -0.4 is 16.2 Å². The number of aromatic nitrogens is 2. The number of H-pyrrole nitrogens is 1. The first-order valence-corrected chi connectivity index (χ1v) is 12.5. The Morgan fingerprint density at radius 3 is 2.36 bits per heavy atom. The van der Waals surface area contributed by atoms with Gasteiger partial charge in [0.15, 0.2) is 0 Å². The second-order valence-electron chi connectivity index (χ2n) is 9.00. The number of aryl methyl sites for hydroxylation is 1. The van der Waals surface area contributed by atoms with Crippen LogP contribution >= 0.6 is 0 Å². The molecule has 39 heavy (non-hydrogen) atoms. The van der Waals surface area contributed by atoms with Crippen LogP contribution in [0.2, 0.25) is 0 Å². The number of methoxy groups -OCH3 is 1. The van der Waals surface area contributed by atoms with Crippen molar-refractivity contribution in [1.29, 1.82) is 0 Å². The third-order valence-corrected chi connectivity index (χ3v) is 6.16. The molecular formula is C29H30N4O6. The lowest BCUT2D eigenvalue weighted by Gasteiger charge is -2.22. The summed E-state index contributed by atoms with van der Waals surface area (Å²) in [5.41, 5.74) is 7.43. The molecule has 202 valence electrons. The fourth-order valence-electron chi connectivity index (χ4n) is 4.40. The number of nitrogens with zero attached hydrogens (tertiary/aromatic N) is 2. The molecule has 10 heteroatoms. The number of nitrogens with two attached hydrogens (primary N) is 1. The number of nitrogens with one attached hydrogen (secondary N) is 1. The summed E-state index contributed by atoms with van der Waals surface area (Å²) in [6, 6.07) is 21.6. The number of amides is 2. The van der Waals surface area contributed by atoms with Crippen molar-refractivity contribution in [2.24, 2.45) is 5.73 Å². The molecule has 0 spiro atoms. The third kappa shape index (κ3) is 6.92. The van der Waals surface area contributed by atoms with Crippen LogP contribution in [0, 0.1) is 0 Å². The quantitative estimate of drug-likeness (QED) is 0.213. The molecule has 0 aliphatic carbocycles. The van der Waals surface area contributed by atoms with Crippen LogP contribution in [-0.2, 0) is 33.8 Å². The van der Waals surface area contributed by atoms with Crippen molar-refractivity contribution in [3.05, 3.63) is 100.0 Å². The molecule has 0 fully saturated rings. The number of carbonyl (C=O) groups is 3. The predicted octanol–water partition coefficient (Wildman–Crippen LogP) is 2.64. The summed E-state index contributed by atoms with van der Waals surface area (Å²) >= 11 is 0. The maximum absolute atomic E-state index is 13.5. The van der Waals surface area contributed by atoms with Crippen LogP contribution in [0.25, 0.3) is 11.0 Å². The van der Waals surface area contributed by atoms with Gasteiger partial charge in [-0.3, -0.25) is 14.2 Å². The first-order chi connectivity index (χ1) is 18.9. The molecule has 0 unspecified atom stereocenters. The zero-order valence-corrected chi connectivity index (χ0v) is 21.6. The van der Waals surface area contributed by atoms with E-state index in [4.69, 9.17) is 15.2 Å². The molecule has 3 aromatic carbocycles. The van der Waals surface area contributed by atoms with E-state index in [1.807, 2.05) is 60.7 Å². The van der Waals surface area contributed by atoms with Gasteiger partial charge in [-0.25, -0.2) is 9.59 Å². The monoisotopic (exact) mass is 530 g/mol. The fourth-order valence-corrected chi connectivity index (χ4v) is 4.40. The summed E-state index contributed by atoms with van der Waals surface area (Å²) in [6.07, 6.45) is 0.356. The Morgan fingerprint density at radius 2 is 1.69 bits per heavy atom. The number of fused-ring (bicyclic) bond motifs is 1. The molecule has 0 radical (unpaired) electrons. The molecule has 0 aliphatic heterocycles. The summed E-state index contributed by atoms with van der Waals surface area (Å²) in [4.78, 5) is 54.6. The molecule has 4 aromatic rings. The van der Waals surface area contributed by atoms with Gasteiger partial charge < -0.3 is 25.1 Å². The van der Waals surface area contributed by atoms with Crippen LogP contribution in [0.3, 0.4) is 0 Å². The average molecular weight is 531 g/mol. The summed E-state index contributed by atoms with van der Waals surface area (Å²) in [7, 11) is 1.26. The predicted molar refractivity (Wildman–Crippen MR) is 145 cm³/mol. The first kappa shape index (κ1) is 27.2. The lowest BCUT2D eigenvalue weighted by atomic mass is 10.0. The smallest absolute Gasteiger partial charge is 0.337 e. The molecular weight excluding hydrogens is 500 g/mol. The number of carbonyl (C=O) groups excluding carboxylic acids is 3. The molecule has 0 saturated carbocycles. The van der Waals surface area contributed by atoms with Gasteiger partial charge in [0.2, 0.25) is 11.8 Å². The Balaban J connectivity index is 1.63. The van der Waals surface area contributed by atoms with E-state index in [-0.39, 0.29) is 36.7 Å². The summed E-state index contributed by atoms with van der Waals surface area (Å²) in [6.45, 7) is 0.601. The molecule has 0 aliphatic rings. The SMILES string of the molecule is COC(=O)c1cc(CC(=O)N(CC(N)=O)Cc2ccccc2)c2c(c1)[nH]c(=O)n2CCCOc1ccccc1. The first-order valence-electron chi connectivity index (χ1n) is 12.5. The number of esters is 1. The third-order valence-electron chi connectivity index (χ3n) is 6.16. The molecule has 2 amide bonds. The molecule has 4 rings (SSSR count). The normalized spacial score (nSPS) is 10.8. The minimum atomic E-state index is -0.648. The number of hydrogen-bond donors (Lipinski definition) is 2. The highest BCUT2D eigenvalue weighted by Gasteiger charge is 2.22. The number of benzene rings is 3. The van der Waals surface area contributed by atoms with Gasteiger partial charge in [-0.2, -0.15) is 0 Å². The van der Waals surface area contributed by atoms with Crippen LogP contribution in [0.5, 0.6) is 5.75 Å². The molecule has 1 heterocycles. The highest BCUT2D eigenvalue weighted by molar-refractivity contribution is 5.96. The standard InChI is InChI=1S/C29H30N4O6/c1-38-28(36)22-15-21(17-26(35)32(19-25(30)34)18-20-9-4-2-5-10-20)27-24(16-22)31-29(37)33(27)13-8-14-39-23-11-6-3-7-12-23/h2-7,9-12,15-16H,8,13-14,17-19H2,1H3,(H2,30,34)(H,31,37). The number of hydrogen-bond acceptors (Lipinski definition) is 6. The summed E-state index contributed by atoms with van der Waals surface area (Å²) in [5, 5.41) is 0. The van der Waals surface area contributed by atoms with Gasteiger partial charge in [0.25, 0.3) is 0 Å². The van der Waals surface area contributed by atoms with E-state index in [0.717, 1.165) is 11.3 Å².